The zero-order chi connectivity index (χ0) is 10.4. The van der Waals surface area contributed by atoms with Gasteiger partial charge in [-0.15, -0.1) is 0 Å². The Kier molecular flexibility index (Phi) is 5.01. The van der Waals surface area contributed by atoms with Gasteiger partial charge in [-0.25, -0.2) is 0 Å². The standard InChI is InChI=1S/C9H7.C4H10.Al/c1-2-5-9-7-3-6-8(9)4-1;1-3-4-2;/h1-7H;3-4H2,1-2H3;. The molecule has 2 rings (SSSR count). The Morgan fingerprint density at radius 3 is 2.36 bits per heavy atom. The second-order valence-corrected chi connectivity index (χ2v) is 4.23. The average molecular weight is 200 g/mol. The average Bonchev–Trinajstić information content (AvgIpc) is 2.62. The normalized spacial score (nSPS) is 17.1. The Morgan fingerprint density at radius 2 is 1.79 bits per heavy atom. The van der Waals surface area contributed by atoms with E-state index in [4.69, 9.17) is 0 Å². The van der Waals surface area contributed by atoms with Crippen molar-refractivity contribution >= 4 is 22.4 Å². The lowest BCUT2D eigenvalue weighted by molar-refractivity contribution is 0.886. The van der Waals surface area contributed by atoms with Gasteiger partial charge in [-0.2, -0.15) is 0 Å². The van der Waals surface area contributed by atoms with Crippen LogP contribution in [-0.2, 0) is 0 Å². The summed E-state index contributed by atoms with van der Waals surface area (Å²) in [5.74, 6) is 0. The predicted molar refractivity (Wildman–Crippen MR) is 64.6 cm³/mol. The van der Waals surface area contributed by atoms with E-state index in [9.17, 15) is 0 Å². The van der Waals surface area contributed by atoms with Crippen molar-refractivity contribution in [3.8, 4) is 0 Å². The van der Waals surface area contributed by atoms with Crippen LogP contribution in [-0.4, -0.2) is 16.3 Å². The van der Waals surface area contributed by atoms with Gasteiger partial charge in [-0.1, -0.05) is 67.9 Å². The molecule has 14 heavy (non-hydrogen) atoms. The maximum Gasteiger partial charge on any atom is 0.138 e. The van der Waals surface area contributed by atoms with Crippen molar-refractivity contribution in [2.75, 3.05) is 0 Å². The lowest BCUT2D eigenvalue weighted by Crippen LogP contribution is -1.89. The molecule has 2 radical (unpaired) electrons. The molecule has 1 atom stereocenters. The number of rotatable bonds is 1. The van der Waals surface area contributed by atoms with Gasteiger partial charge in [-0.3, -0.25) is 0 Å². The van der Waals surface area contributed by atoms with Gasteiger partial charge in [0.2, 0.25) is 0 Å². The molecule has 0 spiro atoms. The van der Waals surface area contributed by atoms with Crippen LogP contribution in [0.25, 0.3) is 6.08 Å². The number of unbranched alkanes of at least 4 members (excludes halogenated alkanes) is 1. The summed E-state index contributed by atoms with van der Waals surface area (Å²) in [5.41, 5.74) is 2.79. The van der Waals surface area contributed by atoms with Gasteiger partial charge in [-0.05, 0) is 11.1 Å². The minimum Gasteiger partial charge on any atom is -0.0921 e. The molecule has 1 aromatic rings. The van der Waals surface area contributed by atoms with Crippen LogP contribution in [0.2, 0.25) is 0 Å². The number of hydrogen-bond donors (Lipinski definition) is 0. The first-order valence-corrected chi connectivity index (χ1v) is 5.99. The van der Waals surface area contributed by atoms with Crippen LogP contribution in [0.1, 0.15) is 42.6 Å². The van der Waals surface area contributed by atoms with Crippen molar-refractivity contribution in [1.82, 2.24) is 0 Å². The minimum atomic E-state index is 0.538. The Morgan fingerprint density at radius 1 is 1.14 bits per heavy atom. The van der Waals surface area contributed by atoms with Crippen LogP contribution in [0.5, 0.6) is 0 Å². The summed E-state index contributed by atoms with van der Waals surface area (Å²) < 4.78 is 0.538. The smallest absolute Gasteiger partial charge is 0.0921 e. The van der Waals surface area contributed by atoms with E-state index < -0.39 is 0 Å². The topological polar surface area (TPSA) is 0 Å². The lowest BCUT2D eigenvalue weighted by Gasteiger charge is -2.02. The first-order chi connectivity index (χ1) is 6.79. The second kappa shape index (κ2) is 6.07. The molecule has 0 aliphatic heterocycles. The molecule has 1 unspecified atom stereocenters. The third-order valence-corrected chi connectivity index (χ3v) is 2.92. The molecule has 0 bridgehead atoms. The predicted octanol–water partition coefficient (Wildman–Crippen LogP) is 3.73. The molecule has 1 aromatic carbocycles. The lowest BCUT2D eigenvalue weighted by atomic mass is 10.1. The van der Waals surface area contributed by atoms with E-state index in [1.54, 1.807) is 0 Å². The first-order valence-electron chi connectivity index (χ1n) is 5.32. The second-order valence-electron chi connectivity index (χ2n) is 3.51. The zero-order valence-electron chi connectivity index (χ0n) is 9.03. The minimum absolute atomic E-state index is 0.538. The van der Waals surface area contributed by atoms with Gasteiger partial charge in [0.25, 0.3) is 0 Å². The summed E-state index contributed by atoms with van der Waals surface area (Å²) in [7, 11) is 0. The molecule has 0 heterocycles. The quantitative estimate of drug-likeness (QED) is 0.606. The molecule has 0 amide bonds. The van der Waals surface area contributed by atoms with Crippen LogP contribution >= 0.6 is 0 Å². The summed E-state index contributed by atoms with van der Waals surface area (Å²) in [4.78, 5) is 0. The van der Waals surface area contributed by atoms with Crippen molar-refractivity contribution in [1.29, 1.82) is 0 Å². The number of hydrogen-bond acceptors (Lipinski definition) is 0. The highest BCUT2D eigenvalue weighted by molar-refractivity contribution is 6.15. The molecular formula is C13H17Al. The van der Waals surface area contributed by atoms with Crippen molar-refractivity contribution in [3.63, 3.8) is 0 Å². The third kappa shape index (κ3) is 3.01. The van der Waals surface area contributed by atoms with Crippen LogP contribution in [0.4, 0.5) is 0 Å². The molecule has 1 aliphatic carbocycles. The van der Waals surface area contributed by atoms with E-state index >= 15 is 0 Å². The molecule has 0 N–H and O–H groups in total. The molecule has 0 nitrogen and oxygen atoms in total. The highest BCUT2D eigenvalue weighted by Gasteiger charge is 2.08. The molecular weight excluding hydrogens is 183 g/mol. The van der Waals surface area contributed by atoms with E-state index in [2.05, 4.69) is 66.6 Å². The van der Waals surface area contributed by atoms with Gasteiger partial charge in [0, 0.05) is 0 Å². The summed E-state index contributed by atoms with van der Waals surface area (Å²) in [5, 5.41) is 0. The molecule has 1 aliphatic rings. The number of allylic oxidation sites excluding steroid dienone is 1. The zero-order valence-corrected chi connectivity index (χ0v) is 10.2. The molecule has 0 saturated carbocycles. The fraction of sp³-hybridized carbons (Fsp3) is 0.385. The highest BCUT2D eigenvalue weighted by Crippen LogP contribution is 2.26. The Bertz CT molecular complexity index is 300. The Hall–Kier alpha value is -0.508. The van der Waals surface area contributed by atoms with Gasteiger partial charge in [0.05, 0.1) is 0 Å². The van der Waals surface area contributed by atoms with Crippen molar-refractivity contribution in [2.45, 2.75) is 31.5 Å². The maximum atomic E-state index is 2.81. The number of benzene rings is 1. The first kappa shape index (κ1) is 11.6. The van der Waals surface area contributed by atoms with Gasteiger partial charge in [0.1, 0.15) is 16.3 Å². The van der Waals surface area contributed by atoms with E-state index in [0.717, 1.165) is 0 Å². The van der Waals surface area contributed by atoms with Crippen LogP contribution in [0.3, 0.4) is 0 Å². The largest absolute Gasteiger partial charge is 0.138 e. The van der Waals surface area contributed by atoms with Gasteiger partial charge < -0.3 is 0 Å². The third-order valence-electron chi connectivity index (χ3n) is 2.34. The maximum absolute atomic E-state index is 2.81. The van der Waals surface area contributed by atoms with Crippen LogP contribution in [0, 0.1) is 0 Å². The molecule has 0 aromatic heterocycles. The van der Waals surface area contributed by atoms with Crippen molar-refractivity contribution < 1.29 is 0 Å². The van der Waals surface area contributed by atoms with Crippen molar-refractivity contribution in [2.24, 2.45) is 0 Å². The summed E-state index contributed by atoms with van der Waals surface area (Å²) in [6.07, 6.45) is 7.02. The summed E-state index contributed by atoms with van der Waals surface area (Å²) >= 11 is 2.81. The molecule has 1 heteroatoms. The van der Waals surface area contributed by atoms with Crippen molar-refractivity contribution in [3.05, 3.63) is 41.5 Å². The van der Waals surface area contributed by atoms with Crippen LogP contribution < -0.4 is 0 Å². The summed E-state index contributed by atoms with van der Waals surface area (Å²) in [6, 6.07) is 8.48. The van der Waals surface area contributed by atoms with Gasteiger partial charge in [0.15, 0.2) is 0 Å². The van der Waals surface area contributed by atoms with E-state index in [0.29, 0.717) is 4.78 Å². The van der Waals surface area contributed by atoms with Crippen LogP contribution in [0.15, 0.2) is 30.3 Å². The Labute approximate surface area is 95.5 Å². The van der Waals surface area contributed by atoms with Gasteiger partial charge >= 0.3 is 0 Å². The van der Waals surface area contributed by atoms with E-state index in [1.807, 2.05) is 0 Å². The fourth-order valence-corrected chi connectivity index (χ4v) is 1.69. The van der Waals surface area contributed by atoms with E-state index in [1.165, 1.54) is 24.0 Å². The van der Waals surface area contributed by atoms with E-state index in [-0.39, 0.29) is 0 Å². The SMILES string of the molecule is CCCC.[Al][CH]1C=Cc2ccccc21. The highest BCUT2D eigenvalue weighted by atomic mass is 27.0. The number of fused-ring (bicyclic) bond motifs is 1. The molecule has 0 fully saturated rings. The Balaban J connectivity index is 0.000000213. The summed E-state index contributed by atoms with van der Waals surface area (Å²) in [6.45, 7) is 4.36. The monoisotopic (exact) mass is 200 g/mol. The molecule has 72 valence electrons. The fourth-order valence-electron chi connectivity index (χ4n) is 1.28. The molecule has 0 saturated heterocycles.